The second-order valence-electron chi connectivity index (χ2n) is 6.80. The molecular weight excluding hydrogens is 382 g/mol. The minimum absolute atomic E-state index is 0.185. The third-order valence-electron chi connectivity index (χ3n) is 4.83. The molecule has 0 atom stereocenters. The topological polar surface area (TPSA) is 74.6 Å². The second-order valence-corrected chi connectivity index (χ2v) is 6.80. The van der Waals surface area contributed by atoms with Gasteiger partial charge in [0.15, 0.2) is 11.5 Å². The average Bonchev–Trinajstić information content (AvgIpc) is 3.01. The minimum atomic E-state index is -0.185. The Balaban J connectivity index is 1.77. The molecule has 0 bridgehead atoms. The number of rotatable bonds is 8. The summed E-state index contributed by atoms with van der Waals surface area (Å²) in [6, 6.07) is 12.8. The molecule has 7 heteroatoms. The van der Waals surface area contributed by atoms with Crippen molar-refractivity contribution in [3.05, 3.63) is 65.0 Å². The Morgan fingerprint density at radius 1 is 1.03 bits per heavy atom. The average molecular weight is 409 g/mol. The van der Waals surface area contributed by atoms with E-state index in [1.165, 1.54) is 0 Å². The van der Waals surface area contributed by atoms with Crippen LogP contribution in [-0.2, 0) is 6.54 Å². The molecule has 0 saturated heterocycles. The summed E-state index contributed by atoms with van der Waals surface area (Å²) in [4.78, 5) is 12.7. The van der Waals surface area contributed by atoms with E-state index < -0.39 is 0 Å². The Kier molecular flexibility index (Phi) is 6.61. The fourth-order valence-corrected chi connectivity index (χ4v) is 3.24. The molecule has 3 rings (SSSR count). The van der Waals surface area contributed by atoms with Gasteiger partial charge in [0.1, 0.15) is 5.75 Å². The molecule has 0 fully saturated rings. The van der Waals surface area contributed by atoms with Gasteiger partial charge in [0.2, 0.25) is 0 Å². The van der Waals surface area contributed by atoms with Gasteiger partial charge >= 0.3 is 0 Å². The molecule has 0 unspecified atom stereocenters. The largest absolute Gasteiger partial charge is 0.494 e. The highest BCUT2D eigenvalue weighted by Crippen LogP contribution is 2.29. The standard InChI is InChI=1S/C23H27N3O4/c1-6-30-19-10-8-18(9-11-19)23(27)24-22-15(2)25-26(16(22)3)14-17-7-12-20(28-4)21(13-17)29-5/h7-13H,6,14H2,1-5H3,(H,24,27). The van der Waals surface area contributed by atoms with Crippen molar-refractivity contribution in [1.82, 2.24) is 9.78 Å². The Labute approximate surface area is 176 Å². The predicted molar refractivity (Wildman–Crippen MR) is 116 cm³/mol. The van der Waals surface area contributed by atoms with Crippen LogP contribution in [-0.4, -0.2) is 36.5 Å². The quantitative estimate of drug-likeness (QED) is 0.603. The summed E-state index contributed by atoms with van der Waals surface area (Å²) >= 11 is 0. The molecule has 2 aromatic carbocycles. The van der Waals surface area contributed by atoms with Crippen LogP contribution in [0.3, 0.4) is 0 Å². The van der Waals surface area contributed by atoms with Crippen LogP contribution >= 0.6 is 0 Å². The first-order valence-electron chi connectivity index (χ1n) is 9.76. The molecule has 0 aliphatic heterocycles. The highest BCUT2D eigenvalue weighted by atomic mass is 16.5. The maximum atomic E-state index is 12.7. The van der Waals surface area contributed by atoms with Gasteiger partial charge in [0.05, 0.1) is 44.4 Å². The number of benzene rings is 2. The molecule has 7 nitrogen and oxygen atoms in total. The lowest BCUT2D eigenvalue weighted by atomic mass is 10.2. The summed E-state index contributed by atoms with van der Waals surface area (Å²) in [7, 11) is 3.22. The number of nitrogens with zero attached hydrogens (tertiary/aromatic N) is 2. The monoisotopic (exact) mass is 409 g/mol. The number of hydrogen-bond acceptors (Lipinski definition) is 5. The van der Waals surface area contributed by atoms with E-state index in [2.05, 4.69) is 10.4 Å². The van der Waals surface area contributed by atoms with Gasteiger partial charge in [-0.2, -0.15) is 5.10 Å². The fraction of sp³-hybridized carbons (Fsp3) is 0.304. The van der Waals surface area contributed by atoms with Crippen molar-refractivity contribution in [2.75, 3.05) is 26.1 Å². The fourth-order valence-electron chi connectivity index (χ4n) is 3.24. The van der Waals surface area contributed by atoms with Gasteiger partial charge in [-0.25, -0.2) is 0 Å². The molecule has 0 spiro atoms. The number of amides is 1. The van der Waals surface area contributed by atoms with Gasteiger partial charge in [-0.05, 0) is 62.7 Å². The van der Waals surface area contributed by atoms with Crippen molar-refractivity contribution in [3.63, 3.8) is 0 Å². The first-order valence-corrected chi connectivity index (χ1v) is 9.76. The third-order valence-corrected chi connectivity index (χ3v) is 4.83. The lowest BCUT2D eigenvalue weighted by Crippen LogP contribution is -2.13. The first kappa shape index (κ1) is 21.2. The predicted octanol–water partition coefficient (Wildman–Crippen LogP) is 4.22. The van der Waals surface area contributed by atoms with Gasteiger partial charge in [0.25, 0.3) is 5.91 Å². The van der Waals surface area contributed by atoms with Crippen molar-refractivity contribution in [2.45, 2.75) is 27.3 Å². The van der Waals surface area contributed by atoms with E-state index in [9.17, 15) is 4.79 Å². The van der Waals surface area contributed by atoms with E-state index in [1.54, 1.807) is 38.5 Å². The van der Waals surface area contributed by atoms with Crippen molar-refractivity contribution in [1.29, 1.82) is 0 Å². The van der Waals surface area contributed by atoms with Crippen molar-refractivity contribution < 1.29 is 19.0 Å². The molecule has 1 N–H and O–H groups in total. The SMILES string of the molecule is CCOc1ccc(C(=O)Nc2c(C)nn(Cc3ccc(OC)c(OC)c3)c2C)cc1. The minimum Gasteiger partial charge on any atom is -0.494 e. The van der Waals surface area contributed by atoms with Gasteiger partial charge in [-0.1, -0.05) is 6.07 Å². The maximum absolute atomic E-state index is 12.7. The summed E-state index contributed by atoms with van der Waals surface area (Å²) in [6.07, 6.45) is 0. The lowest BCUT2D eigenvalue weighted by Gasteiger charge is -2.11. The van der Waals surface area contributed by atoms with Crippen LogP contribution in [0.1, 0.15) is 34.2 Å². The van der Waals surface area contributed by atoms with Gasteiger partial charge in [-0.3, -0.25) is 9.48 Å². The molecular formula is C23H27N3O4. The number of carbonyl (C=O) groups is 1. The van der Waals surface area contributed by atoms with E-state index in [0.29, 0.717) is 30.2 Å². The smallest absolute Gasteiger partial charge is 0.255 e. The molecule has 1 heterocycles. The molecule has 1 amide bonds. The van der Waals surface area contributed by atoms with Crippen molar-refractivity contribution in [3.8, 4) is 17.2 Å². The lowest BCUT2D eigenvalue weighted by molar-refractivity contribution is 0.102. The van der Waals surface area contributed by atoms with E-state index >= 15 is 0 Å². The molecule has 0 aliphatic rings. The van der Waals surface area contributed by atoms with Crippen LogP contribution in [0.15, 0.2) is 42.5 Å². The Hall–Kier alpha value is -3.48. The number of carbonyl (C=O) groups excluding carboxylic acids is 1. The number of aromatic nitrogens is 2. The van der Waals surface area contributed by atoms with Crippen LogP contribution in [0.5, 0.6) is 17.2 Å². The summed E-state index contributed by atoms with van der Waals surface area (Å²) in [6.45, 7) is 6.88. The van der Waals surface area contributed by atoms with Gasteiger partial charge in [-0.15, -0.1) is 0 Å². The van der Waals surface area contributed by atoms with E-state index in [1.807, 2.05) is 43.7 Å². The Morgan fingerprint density at radius 3 is 2.37 bits per heavy atom. The number of hydrogen-bond donors (Lipinski definition) is 1. The zero-order chi connectivity index (χ0) is 21.7. The summed E-state index contributed by atoms with van der Waals surface area (Å²) in [5, 5.41) is 7.58. The Morgan fingerprint density at radius 2 is 1.73 bits per heavy atom. The number of methoxy groups -OCH3 is 2. The molecule has 1 aromatic heterocycles. The summed E-state index contributed by atoms with van der Waals surface area (Å²) in [5.74, 6) is 1.90. The number of anilines is 1. The van der Waals surface area contributed by atoms with E-state index in [4.69, 9.17) is 14.2 Å². The summed E-state index contributed by atoms with van der Waals surface area (Å²) in [5.41, 5.74) is 3.93. The van der Waals surface area contributed by atoms with Crippen LogP contribution in [0.4, 0.5) is 5.69 Å². The number of ether oxygens (including phenoxy) is 3. The van der Waals surface area contributed by atoms with E-state index in [-0.39, 0.29) is 5.91 Å². The number of aryl methyl sites for hydroxylation is 1. The maximum Gasteiger partial charge on any atom is 0.255 e. The molecule has 0 radical (unpaired) electrons. The number of nitrogens with one attached hydrogen (secondary N) is 1. The highest BCUT2D eigenvalue weighted by molar-refractivity contribution is 6.04. The van der Waals surface area contributed by atoms with Crippen LogP contribution in [0, 0.1) is 13.8 Å². The van der Waals surface area contributed by atoms with Gasteiger partial charge < -0.3 is 19.5 Å². The highest BCUT2D eigenvalue weighted by Gasteiger charge is 2.16. The van der Waals surface area contributed by atoms with Gasteiger partial charge in [0, 0.05) is 5.56 Å². The normalized spacial score (nSPS) is 10.6. The zero-order valence-electron chi connectivity index (χ0n) is 18.0. The Bertz CT molecular complexity index is 1030. The summed E-state index contributed by atoms with van der Waals surface area (Å²) < 4.78 is 18.0. The zero-order valence-corrected chi connectivity index (χ0v) is 18.0. The molecule has 30 heavy (non-hydrogen) atoms. The molecule has 3 aromatic rings. The van der Waals surface area contributed by atoms with Crippen LogP contribution < -0.4 is 19.5 Å². The molecule has 158 valence electrons. The van der Waals surface area contributed by atoms with E-state index in [0.717, 1.165) is 28.4 Å². The third kappa shape index (κ3) is 4.56. The van der Waals surface area contributed by atoms with Crippen molar-refractivity contribution >= 4 is 11.6 Å². The molecule has 0 saturated carbocycles. The first-order chi connectivity index (χ1) is 14.5. The van der Waals surface area contributed by atoms with Crippen molar-refractivity contribution in [2.24, 2.45) is 0 Å². The van der Waals surface area contributed by atoms with Crippen LogP contribution in [0.25, 0.3) is 0 Å². The van der Waals surface area contributed by atoms with Crippen LogP contribution in [0.2, 0.25) is 0 Å². The molecule has 0 aliphatic carbocycles. The second kappa shape index (κ2) is 9.35.